The second-order valence-corrected chi connectivity index (χ2v) is 6.84. The number of aromatic nitrogens is 1. The van der Waals surface area contributed by atoms with Gasteiger partial charge in [0, 0.05) is 35.9 Å². The lowest BCUT2D eigenvalue weighted by Gasteiger charge is -2.24. The monoisotopic (exact) mass is 388 g/mol. The number of amides is 2. The first-order valence-electron chi connectivity index (χ1n) is 9.39. The zero-order chi connectivity index (χ0) is 20.6. The van der Waals surface area contributed by atoms with Crippen LogP contribution in [0, 0.1) is 0 Å². The molecule has 0 aliphatic rings. The number of nitrogens with one attached hydrogen (secondary N) is 2. The van der Waals surface area contributed by atoms with E-state index in [1.165, 1.54) is 0 Å². The summed E-state index contributed by atoms with van der Waals surface area (Å²) in [4.78, 5) is 30.8. The summed E-state index contributed by atoms with van der Waals surface area (Å²) < 4.78 is 0. The van der Waals surface area contributed by atoms with E-state index in [0.29, 0.717) is 23.5 Å². The van der Waals surface area contributed by atoms with E-state index < -0.39 is 0 Å². The van der Waals surface area contributed by atoms with E-state index >= 15 is 0 Å². The summed E-state index contributed by atoms with van der Waals surface area (Å²) >= 11 is 0. The maximum absolute atomic E-state index is 12.7. The number of hydrogen-bond acceptors (Lipinski definition) is 4. The van der Waals surface area contributed by atoms with Gasteiger partial charge in [0.1, 0.15) is 0 Å². The minimum Gasteiger partial charge on any atom is -0.325 e. The summed E-state index contributed by atoms with van der Waals surface area (Å²) in [5.41, 5.74) is 2.90. The number of carbonyl (C=O) groups is 2. The van der Waals surface area contributed by atoms with Crippen LogP contribution in [0.4, 0.5) is 11.4 Å². The number of carbonyl (C=O) groups excluding carboxylic acids is 2. The fraction of sp³-hybridized carbons (Fsp3) is 0.174. The Balaban J connectivity index is 1.60. The highest BCUT2D eigenvalue weighted by atomic mass is 16.2. The standard InChI is InChI=1S/C23H24N4O2/c1-17(27(2)16-18-7-4-3-5-8-18)22(28)25-20-9-6-10-21(15-20)26-23(29)19-11-13-24-14-12-19/h3-15,17H,16H2,1-2H3,(H,25,28)(H,26,29). The first-order valence-corrected chi connectivity index (χ1v) is 9.39. The molecule has 2 N–H and O–H groups in total. The van der Waals surface area contributed by atoms with Gasteiger partial charge in [-0.25, -0.2) is 0 Å². The maximum Gasteiger partial charge on any atom is 0.255 e. The van der Waals surface area contributed by atoms with Gasteiger partial charge in [-0.15, -0.1) is 0 Å². The van der Waals surface area contributed by atoms with Gasteiger partial charge >= 0.3 is 0 Å². The van der Waals surface area contributed by atoms with Crippen LogP contribution in [-0.2, 0) is 11.3 Å². The third kappa shape index (κ3) is 5.73. The molecule has 0 saturated carbocycles. The lowest BCUT2D eigenvalue weighted by molar-refractivity contribution is -0.120. The molecule has 0 bridgehead atoms. The molecule has 0 aliphatic heterocycles. The maximum atomic E-state index is 12.7. The highest BCUT2D eigenvalue weighted by molar-refractivity contribution is 6.04. The van der Waals surface area contributed by atoms with Crippen molar-refractivity contribution in [1.82, 2.24) is 9.88 Å². The summed E-state index contributed by atoms with van der Waals surface area (Å²) in [6.07, 6.45) is 3.14. The molecule has 148 valence electrons. The number of rotatable bonds is 7. The number of anilines is 2. The fourth-order valence-electron chi connectivity index (χ4n) is 2.84. The smallest absolute Gasteiger partial charge is 0.255 e. The zero-order valence-electron chi connectivity index (χ0n) is 16.5. The molecule has 6 nitrogen and oxygen atoms in total. The molecule has 1 aromatic heterocycles. The minimum atomic E-state index is -0.315. The Labute approximate surface area is 170 Å². The van der Waals surface area contributed by atoms with Crippen molar-refractivity contribution < 1.29 is 9.59 Å². The quantitative estimate of drug-likeness (QED) is 0.646. The van der Waals surface area contributed by atoms with Gasteiger partial charge in [0.15, 0.2) is 0 Å². The number of nitrogens with zero attached hydrogens (tertiary/aromatic N) is 2. The highest BCUT2D eigenvalue weighted by Gasteiger charge is 2.18. The summed E-state index contributed by atoms with van der Waals surface area (Å²) in [7, 11) is 1.92. The number of benzene rings is 2. The summed E-state index contributed by atoms with van der Waals surface area (Å²) in [6.45, 7) is 2.55. The lowest BCUT2D eigenvalue weighted by atomic mass is 10.2. The molecule has 0 fully saturated rings. The Hall–Kier alpha value is -3.51. The molecule has 0 aliphatic carbocycles. The SMILES string of the molecule is CC(C(=O)Nc1cccc(NC(=O)c2ccncc2)c1)N(C)Cc1ccccc1. The summed E-state index contributed by atoms with van der Waals surface area (Å²) in [5, 5.41) is 5.75. The van der Waals surface area contributed by atoms with E-state index in [2.05, 4.69) is 15.6 Å². The van der Waals surface area contributed by atoms with Gasteiger partial charge in [-0.05, 0) is 49.9 Å². The van der Waals surface area contributed by atoms with Crippen LogP contribution in [0.1, 0.15) is 22.8 Å². The van der Waals surface area contributed by atoms with Crippen LogP contribution in [0.15, 0.2) is 79.1 Å². The van der Waals surface area contributed by atoms with Gasteiger partial charge in [0.2, 0.25) is 5.91 Å². The van der Waals surface area contributed by atoms with E-state index in [1.54, 1.807) is 48.8 Å². The molecular weight excluding hydrogens is 364 g/mol. The van der Waals surface area contributed by atoms with Crippen molar-refractivity contribution in [3.63, 3.8) is 0 Å². The number of pyridine rings is 1. The van der Waals surface area contributed by atoms with E-state index in [9.17, 15) is 9.59 Å². The molecule has 0 radical (unpaired) electrons. The van der Waals surface area contributed by atoms with Crippen molar-refractivity contribution in [2.45, 2.75) is 19.5 Å². The van der Waals surface area contributed by atoms with Crippen molar-refractivity contribution >= 4 is 23.2 Å². The van der Waals surface area contributed by atoms with Gasteiger partial charge < -0.3 is 10.6 Å². The van der Waals surface area contributed by atoms with Gasteiger partial charge in [0.25, 0.3) is 5.91 Å². The first-order chi connectivity index (χ1) is 14.0. The Kier molecular flexibility index (Phi) is 6.71. The average molecular weight is 388 g/mol. The van der Waals surface area contributed by atoms with Crippen molar-refractivity contribution in [3.8, 4) is 0 Å². The average Bonchev–Trinajstić information content (AvgIpc) is 2.74. The lowest BCUT2D eigenvalue weighted by Crippen LogP contribution is -2.39. The van der Waals surface area contributed by atoms with Gasteiger partial charge in [-0.3, -0.25) is 19.5 Å². The fourth-order valence-corrected chi connectivity index (χ4v) is 2.84. The Morgan fingerprint density at radius 1 is 0.931 bits per heavy atom. The molecule has 1 unspecified atom stereocenters. The third-order valence-electron chi connectivity index (χ3n) is 4.65. The van der Waals surface area contributed by atoms with E-state index in [-0.39, 0.29) is 17.9 Å². The summed E-state index contributed by atoms with van der Waals surface area (Å²) in [5.74, 6) is -0.340. The summed E-state index contributed by atoms with van der Waals surface area (Å²) in [6, 6.07) is 20.1. The van der Waals surface area contributed by atoms with E-state index in [1.807, 2.05) is 49.2 Å². The van der Waals surface area contributed by atoms with Crippen molar-refractivity contribution in [1.29, 1.82) is 0 Å². The molecule has 2 amide bonds. The molecule has 6 heteroatoms. The Bertz CT molecular complexity index is 961. The topological polar surface area (TPSA) is 74.3 Å². The van der Waals surface area contributed by atoms with Crippen molar-refractivity contribution in [3.05, 3.63) is 90.3 Å². The molecular formula is C23H24N4O2. The predicted octanol–water partition coefficient (Wildman–Crippen LogP) is 3.79. The minimum absolute atomic E-state index is 0.110. The molecule has 2 aromatic carbocycles. The second kappa shape index (κ2) is 9.61. The van der Waals surface area contributed by atoms with Gasteiger partial charge in [0.05, 0.1) is 6.04 Å². The molecule has 3 rings (SSSR count). The predicted molar refractivity (Wildman–Crippen MR) is 115 cm³/mol. The largest absolute Gasteiger partial charge is 0.325 e. The van der Waals surface area contributed by atoms with Crippen LogP contribution in [0.3, 0.4) is 0 Å². The molecule has 1 atom stereocenters. The third-order valence-corrected chi connectivity index (χ3v) is 4.65. The molecule has 3 aromatic rings. The Morgan fingerprint density at radius 3 is 2.28 bits per heavy atom. The van der Waals surface area contributed by atoms with Crippen molar-refractivity contribution in [2.75, 3.05) is 17.7 Å². The molecule has 1 heterocycles. The number of likely N-dealkylation sites (N-methyl/N-ethyl adjacent to an activating group) is 1. The molecule has 0 spiro atoms. The zero-order valence-corrected chi connectivity index (χ0v) is 16.5. The second-order valence-electron chi connectivity index (χ2n) is 6.84. The molecule has 0 saturated heterocycles. The Morgan fingerprint density at radius 2 is 1.59 bits per heavy atom. The van der Waals surface area contributed by atoms with Crippen LogP contribution >= 0.6 is 0 Å². The van der Waals surface area contributed by atoms with E-state index in [0.717, 1.165) is 5.56 Å². The van der Waals surface area contributed by atoms with Gasteiger partial charge in [-0.1, -0.05) is 36.4 Å². The van der Waals surface area contributed by atoms with Crippen LogP contribution in [0.25, 0.3) is 0 Å². The normalized spacial score (nSPS) is 11.7. The van der Waals surface area contributed by atoms with Gasteiger partial charge in [-0.2, -0.15) is 0 Å². The van der Waals surface area contributed by atoms with Crippen LogP contribution in [-0.4, -0.2) is 34.8 Å². The molecule has 29 heavy (non-hydrogen) atoms. The van der Waals surface area contributed by atoms with E-state index in [4.69, 9.17) is 0 Å². The van der Waals surface area contributed by atoms with Crippen LogP contribution in [0.5, 0.6) is 0 Å². The van der Waals surface area contributed by atoms with Crippen LogP contribution < -0.4 is 10.6 Å². The van der Waals surface area contributed by atoms with Crippen LogP contribution in [0.2, 0.25) is 0 Å². The highest BCUT2D eigenvalue weighted by Crippen LogP contribution is 2.17. The number of hydrogen-bond donors (Lipinski definition) is 2. The first kappa shape index (κ1) is 20.2. The van der Waals surface area contributed by atoms with Crippen molar-refractivity contribution in [2.24, 2.45) is 0 Å².